The molecule has 0 saturated carbocycles. The van der Waals surface area contributed by atoms with Crippen LogP contribution in [0.5, 0.6) is 5.75 Å². The molecule has 0 aliphatic carbocycles. The fourth-order valence-electron chi connectivity index (χ4n) is 2.78. The van der Waals surface area contributed by atoms with Crippen molar-refractivity contribution in [2.45, 2.75) is 25.2 Å². The van der Waals surface area contributed by atoms with Gasteiger partial charge in [-0.2, -0.15) is 0 Å². The second-order valence-corrected chi connectivity index (χ2v) is 8.49. The number of ether oxygens (including phenoxy) is 1. The highest BCUT2D eigenvalue weighted by Gasteiger charge is 2.13. The van der Waals surface area contributed by atoms with Crippen LogP contribution in [-0.4, -0.2) is 46.9 Å². The number of benzene rings is 2. The molecular formula is C21H30IN3O3S. The molecule has 0 unspecified atom stereocenters. The first-order chi connectivity index (χ1) is 13.5. The number of nitrogens with zero attached hydrogens (tertiary/aromatic N) is 1. The standard InChI is InChI=1S/C21H29N3O3S.HI/c1-4-22-21(23-13-12-18-16-17(2)10-11-20(18)27-3)24-14-15-28(25,26)19-8-6-5-7-9-19;/h5-11,16H,4,12-15H2,1-3H3,(H2,22,23,24);1H. The molecule has 6 nitrogen and oxygen atoms in total. The molecule has 29 heavy (non-hydrogen) atoms. The Morgan fingerprint density at radius 3 is 2.48 bits per heavy atom. The van der Waals surface area contributed by atoms with Crippen LogP contribution in [0.1, 0.15) is 18.1 Å². The number of halogens is 1. The molecule has 160 valence electrons. The molecule has 0 saturated heterocycles. The van der Waals surface area contributed by atoms with Gasteiger partial charge in [0.25, 0.3) is 0 Å². The minimum atomic E-state index is -3.33. The molecule has 0 radical (unpaired) electrons. The number of sulfone groups is 1. The van der Waals surface area contributed by atoms with Crippen LogP contribution < -0.4 is 15.4 Å². The Morgan fingerprint density at radius 1 is 1.10 bits per heavy atom. The zero-order valence-electron chi connectivity index (χ0n) is 17.1. The number of hydrogen-bond donors (Lipinski definition) is 2. The maximum absolute atomic E-state index is 12.3. The van der Waals surface area contributed by atoms with E-state index in [1.54, 1.807) is 37.4 Å². The third kappa shape index (κ3) is 8.22. The van der Waals surface area contributed by atoms with E-state index in [1.807, 2.05) is 19.1 Å². The summed E-state index contributed by atoms with van der Waals surface area (Å²) < 4.78 is 30.1. The number of methoxy groups -OCH3 is 1. The highest BCUT2D eigenvalue weighted by molar-refractivity contribution is 14.0. The molecule has 2 aromatic carbocycles. The molecule has 0 atom stereocenters. The Kier molecular flexibility index (Phi) is 11.0. The lowest BCUT2D eigenvalue weighted by Gasteiger charge is -2.13. The molecule has 0 spiro atoms. The average molecular weight is 531 g/mol. The van der Waals surface area contributed by atoms with Crippen LogP contribution in [-0.2, 0) is 16.3 Å². The summed E-state index contributed by atoms with van der Waals surface area (Å²) in [4.78, 5) is 4.73. The van der Waals surface area contributed by atoms with Gasteiger partial charge in [-0.25, -0.2) is 8.42 Å². The van der Waals surface area contributed by atoms with E-state index in [0.717, 1.165) is 17.7 Å². The van der Waals surface area contributed by atoms with Gasteiger partial charge >= 0.3 is 0 Å². The first kappa shape index (κ1) is 25.2. The van der Waals surface area contributed by atoms with Gasteiger partial charge < -0.3 is 15.4 Å². The summed E-state index contributed by atoms with van der Waals surface area (Å²) in [6, 6.07) is 14.6. The molecule has 2 aromatic rings. The van der Waals surface area contributed by atoms with E-state index >= 15 is 0 Å². The third-order valence-corrected chi connectivity index (χ3v) is 5.91. The maximum Gasteiger partial charge on any atom is 0.191 e. The second-order valence-electron chi connectivity index (χ2n) is 6.38. The Morgan fingerprint density at radius 2 is 1.83 bits per heavy atom. The molecule has 0 bridgehead atoms. The average Bonchev–Trinajstić information content (AvgIpc) is 2.69. The highest BCUT2D eigenvalue weighted by atomic mass is 127. The molecule has 0 aliphatic rings. The van der Waals surface area contributed by atoms with E-state index in [-0.39, 0.29) is 36.3 Å². The molecule has 2 N–H and O–H groups in total. The minimum absolute atomic E-state index is 0. The van der Waals surface area contributed by atoms with E-state index < -0.39 is 9.84 Å². The number of aliphatic imine (C=N–C) groups is 1. The van der Waals surface area contributed by atoms with E-state index in [1.165, 1.54) is 5.56 Å². The molecule has 2 rings (SSSR count). The van der Waals surface area contributed by atoms with Gasteiger partial charge in [-0.1, -0.05) is 35.9 Å². The van der Waals surface area contributed by atoms with Crippen molar-refractivity contribution in [1.82, 2.24) is 10.6 Å². The smallest absolute Gasteiger partial charge is 0.191 e. The molecule has 0 heterocycles. The van der Waals surface area contributed by atoms with Gasteiger partial charge in [0.1, 0.15) is 5.75 Å². The van der Waals surface area contributed by atoms with Gasteiger partial charge in [0.15, 0.2) is 15.8 Å². The fraction of sp³-hybridized carbons (Fsp3) is 0.381. The molecule has 0 aromatic heterocycles. The summed E-state index contributed by atoms with van der Waals surface area (Å²) in [5, 5.41) is 6.40. The van der Waals surface area contributed by atoms with Gasteiger partial charge in [-0.3, -0.25) is 4.99 Å². The quantitative estimate of drug-likeness (QED) is 0.295. The van der Waals surface area contributed by atoms with Crippen LogP contribution in [0.15, 0.2) is 58.4 Å². The largest absolute Gasteiger partial charge is 0.496 e. The number of aryl methyl sites for hydroxylation is 1. The lowest BCUT2D eigenvalue weighted by Crippen LogP contribution is -2.38. The zero-order valence-corrected chi connectivity index (χ0v) is 20.3. The number of rotatable bonds is 9. The summed E-state index contributed by atoms with van der Waals surface area (Å²) >= 11 is 0. The Balaban J connectivity index is 0.00000420. The van der Waals surface area contributed by atoms with Crippen molar-refractivity contribution < 1.29 is 13.2 Å². The molecule has 0 amide bonds. The van der Waals surface area contributed by atoms with Gasteiger partial charge in [-0.05, 0) is 44.0 Å². The van der Waals surface area contributed by atoms with Gasteiger partial charge in [0, 0.05) is 13.1 Å². The van der Waals surface area contributed by atoms with Crippen molar-refractivity contribution in [1.29, 1.82) is 0 Å². The van der Waals surface area contributed by atoms with Crippen molar-refractivity contribution in [3.63, 3.8) is 0 Å². The predicted octanol–water partition coefficient (Wildman–Crippen LogP) is 3.19. The maximum atomic E-state index is 12.3. The number of hydrogen-bond acceptors (Lipinski definition) is 4. The first-order valence-corrected chi connectivity index (χ1v) is 11.0. The lowest BCUT2D eigenvalue weighted by molar-refractivity contribution is 0.409. The molecular weight excluding hydrogens is 501 g/mol. The fourth-order valence-corrected chi connectivity index (χ4v) is 3.92. The highest BCUT2D eigenvalue weighted by Crippen LogP contribution is 2.19. The summed E-state index contributed by atoms with van der Waals surface area (Å²) in [5.41, 5.74) is 2.31. The Bertz CT molecular complexity index is 887. The minimum Gasteiger partial charge on any atom is -0.496 e. The number of nitrogens with one attached hydrogen (secondary N) is 2. The van der Waals surface area contributed by atoms with Gasteiger partial charge in [0.05, 0.1) is 24.3 Å². The third-order valence-electron chi connectivity index (χ3n) is 4.20. The van der Waals surface area contributed by atoms with E-state index in [9.17, 15) is 8.42 Å². The van der Waals surface area contributed by atoms with Crippen molar-refractivity contribution in [2.24, 2.45) is 4.99 Å². The molecule has 8 heteroatoms. The topological polar surface area (TPSA) is 79.8 Å². The van der Waals surface area contributed by atoms with E-state index in [2.05, 4.69) is 28.6 Å². The molecule has 0 aliphatic heterocycles. The SMILES string of the molecule is CCNC(=NCCS(=O)(=O)c1ccccc1)NCCc1cc(C)ccc1OC.I. The molecule has 0 fully saturated rings. The Labute approximate surface area is 191 Å². The predicted molar refractivity (Wildman–Crippen MR) is 129 cm³/mol. The van der Waals surface area contributed by atoms with Crippen molar-refractivity contribution in [3.8, 4) is 5.75 Å². The van der Waals surface area contributed by atoms with Crippen molar-refractivity contribution in [3.05, 3.63) is 59.7 Å². The second kappa shape index (κ2) is 12.7. The van der Waals surface area contributed by atoms with E-state index in [4.69, 9.17) is 4.74 Å². The van der Waals surface area contributed by atoms with E-state index in [0.29, 0.717) is 23.9 Å². The lowest BCUT2D eigenvalue weighted by atomic mass is 10.1. The van der Waals surface area contributed by atoms with Crippen LogP contribution in [0.25, 0.3) is 0 Å². The van der Waals surface area contributed by atoms with Gasteiger partial charge in [0.2, 0.25) is 0 Å². The normalized spacial score (nSPS) is 11.5. The van der Waals surface area contributed by atoms with Crippen LogP contribution in [0.4, 0.5) is 0 Å². The van der Waals surface area contributed by atoms with Crippen LogP contribution in [0, 0.1) is 6.92 Å². The summed E-state index contributed by atoms with van der Waals surface area (Å²) in [7, 11) is -1.66. The van der Waals surface area contributed by atoms with Crippen LogP contribution >= 0.6 is 24.0 Å². The van der Waals surface area contributed by atoms with Crippen LogP contribution in [0.3, 0.4) is 0 Å². The van der Waals surface area contributed by atoms with Gasteiger partial charge in [-0.15, -0.1) is 24.0 Å². The monoisotopic (exact) mass is 531 g/mol. The van der Waals surface area contributed by atoms with Crippen molar-refractivity contribution >= 4 is 39.8 Å². The zero-order chi connectivity index (χ0) is 20.4. The Hall–Kier alpha value is -1.81. The summed E-state index contributed by atoms with van der Waals surface area (Å²) in [5.74, 6) is 1.44. The van der Waals surface area contributed by atoms with Crippen LogP contribution in [0.2, 0.25) is 0 Å². The summed E-state index contributed by atoms with van der Waals surface area (Å²) in [6.07, 6.45) is 0.775. The first-order valence-electron chi connectivity index (χ1n) is 9.39. The number of guanidine groups is 1. The van der Waals surface area contributed by atoms with Crippen molar-refractivity contribution in [2.75, 3.05) is 32.5 Å². The summed E-state index contributed by atoms with van der Waals surface area (Å²) in [6.45, 7) is 5.58.